The SMILES string of the molecule is CNCCNc1ccc(-c2cc(NC[C@@H](C)c3ccccc3OC)ncn2)cn1.S. The molecule has 0 aliphatic heterocycles. The standard InChI is InChI=1S/C22H28N6O.H2S/c1-16(18-6-4-5-7-20(18)29-3)13-25-22-12-19(27-15-28-22)17-8-9-21(26-14-17)24-11-10-23-2;/h4-9,12,14-16,23H,10-11,13H2,1-3H3,(H,24,26)(H,25,27,28);1H2/t16-;/m1./s1. The Morgan fingerprint density at radius 1 is 0.967 bits per heavy atom. The molecule has 1 aromatic carbocycles. The molecule has 0 spiro atoms. The molecule has 0 saturated carbocycles. The number of aromatic nitrogens is 3. The molecule has 0 fully saturated rings. The first kappa shape index (κ1) is 23.4. The number of ether oxygens (including phenoxy) is 1. The van der Waals surface area contributed by atoms with E-state index in [0.29, 0.717) is 0 Å². The third-order valence-electron chi connectivity index (χ3n) is 4.67. The zero-order valence-corrected chi connectivity index (χ0v) is 18.6. The van der Waals surface area contributed by atoms with Gasteiger partial charge in [-0.3, -0.25) is 0 Å². The van der Waals surface area contributed by atoms with Gasteiger partial charge in [0.25, 0.3) is 0 Å². The normalized spacial score (nSPS) is 11.3. The molecule has 3 aromatic rings. The van der Waals surface area contributed by atoms with Gasteiger partial charge in [-0.15, -0.1) is 0 Å². The molecule has 3 N–H and O–H groups in total. The Morgan fingerprint density at radius 3 is 2.53 bits per heavy atom. The third kappa shape index (κ3) is 6.33. The fourth-order valence-corrected chi connectivity index (χ4v) is 3.02. The van der Waals surface area contributed by atoms with E-state index in [1.54, 1.807) is 13.4 Å². The fraction of sp³-hybridized carbons (Fsp3) is 0.318. The van der Waals surface area contributed by atoms with Crippen molar-refractivity contribution in [1.82, 2.24) is 20.3 Å². The van der Waals surface area contributed by atoms with Gasteiger partial charge >= 0.3 is 0 Å². The van der Waals surface area contributed by atoms with Gasteiger partial charge in [0.15, 0.2) is 0 Å². The van der Waals surface area contributed by atoms with Crippen molar-refractivity contribution in [3.8, 4) is 17.0 Å². The number of pyridine rings is 1. The van der Waals surface area contributed by atoms with Crippen LogP contribution in [0.5, 0.6) is 5.75 Å². The van der Waals surface area contributed by atoms with Gasteiger partial charge in [0.05, 0.1) is 12.8 Å². The molecule has 0 radical (unpaired) electrons. The Labute approximate surface area is 185 Å². The Hall–Kier alpha value is -2.84. The second-order valence-corrected chi connectivity index (χ2v) is 6.77. The Kier molecular flexibility index (Phi) is 9.37. The second-order valence-electron chi connectivity index (χ2n) is 6.77. The molecule has 7 nitrogen and oxygen atoms in total. The summed E-state index contributed by atoms with van der Waals surface area (Å²) in [6.07, 6.45) is 3.40. The summed E-state index contributed by atoms with van der Waals surface area (Å²) in [4.78, 5) is 13.2. The van der Waals surface area contributed by atoms with Crippen molar-refractivity contribution in [2.45, 2.75) is 12.8 Å². The first-order chi connectivity index (χ1) is 14.2. The lowest BCUT2D eigenvalue weighted by molar-refractivity contribution is 0.407. The summed E-state index contributed by atoms with van der Waals surface area (Å²) in [6.45, 7) is 4.62. The number of methoxy groups -OCH3 is 1. The highest BCUT2D eigenvalue weighted by Crippen LogP contribution is 2.26. The number of likely N-dealkylation sites (N-methyl/N-ethyl adjacent to an activating group) is 1. The number of hydrogen-bond acceptors (Lipinski definition) is 7. The number of hydrogen-bond donors (Lipinski definition) is 3. The van der Waals surface area contributed by atoms with E-state index >= 15 is 0 Å². The van der Waals surface area contributed by atoms with Gasteiger partial charge in [0, 0.05) is 43.4 Å². The van der Waals surface area contributed by atoms with Crippen LogP contribution in [0, 0.1) is 0 Å². The van der Waals surface area contributed by atoms with Crippen molar-refractivity contribution in [3.63, 3.8) is 0 Å². The molecule has 2 aromatic heterocycles. The van der Waals surface area contributed by atoms with Crippen molar-refractivity contribution in [2.24, 2.45) is 0 Å². The molecule has 0 aliphatic rings. The van der Waals surface area contributed by atoms with Crippen LogP contribution in [0.2, 0.25) is 0 Å². The molecule has 2 heterocycles. The van der Waals surface area contributed by atoms with E-state index in [0.717, 1.165) is 48.3 Å². The van der Waals surface area contributed by atoms with Crippen molar-refractivity contribution in [2.75, 3.05) is 44.4 Å². The molecule has 0 bridgehead atoms. The Morgan fingerprint density at radius 2 is 1.80 bits per heavy atom. The number of nitrogens with zero attached hydrogens (tertiary/aromatic N) is 3. The summed E-state index contributed by atoms with van der Waals surface area (Å²) in [5.74, 6) is 2.81. The van der Waals surface area contributed by atoms with Crippen molar-refractivity contribution >= 4 is 25.1 Å². The van der Waals surface area contributed by atoms with Gasteiger partial charge in [0.1, 0.15) is 23.7 Å². The Bertz CT molecular complexity index is 906. The number of benzene rings is 1. The lowest BCUT2D eigenvalue weighted by Gasteiger charge is -2.16. The molecule has 8 heteroatoms. The maximum atomic E-state index is 5.47. The van der Waals surface area contributed by atoms with Crippen molar-refractivity contribution < 1.29 is 4.74 Å². The predicted octanol–water partition coefficient (Wildman–Crippen LogP) is 3.51. The minimum atomic E-state index is 0. The molecule has 30 heavy (non-hydrogen) atoms. The van der Waals surface area contributed by atoms with Crippen LogP contribution >= 0.6 is 13.5 Å². The van der Waals surface area contributed by atoms with E-state index in [4.69, 9.17) is 4.74 Å². The number of para-hydroxylation sites is 1. The summed E-state index contributed by atoms with van der Waals surface area (Å²) < 4.78 is 5.47. The summed E-state index contributed by atoms with van der Waals surface area (Å²) >= 11 is 0. The monoisotopic (exact) mass is 426 g/mol. The first-order valence-electron chi connectivity index (χ1n) is 9.75. The number of rotatable bonds is 10. The Balaban J connectivity index is 0.00000320. The third-order valence-corrected chi connectivity index (χ3v) is 4.67. The van der Waals surface area contributed by atoms with E-state index in [-0.39, 0.29) is 19.4 Å². The van der Waals surface area contributed by atoms with Gasteiger partial charge in [-0.2, -0.15) is 13.5 Å². The first-order valence-corrected chi connectivity index (χ1v) is 9.75. The average molecular weight is 427 g/mol. The van der Waals surface area contributed by atoms with Gasteiger partial charge in [-0.25, -0.2) is 15.0 Å². The molecule has 0 saturated heterocycles. The highest BCUT2D eigenvalue weighted by Gasteiger charge is 2.11. The summed E-state index contributed by atoms with van der Waals surface area (Å²) in [5.41, 5.74) is 2.96. The quantitative estimate of drug-likeness (QED) is 0.428. The smallest absolute Gasteiger partial charge is 0.129 e. The molecule has 160 valence electrons. The minimum absolute atomic E-state index is 0. The van der Waals surface area contributed by atoms with Crippen LogP contribution in [-0.4, -0.2) is 48.7 Å². The van der Waals surface area contributed by atoms with E-state index in [2.05, 4.69) is 43.9 Å². The van der Waals surface area contributed by atoms with E-state index in [9.17, 15) is 0 Å². The van der Waals surface area contributed by atoms with E-state index < -0.39 is 0 Å². The lowest BCUT2D eigenvalue weighted by atomic mass is 10.00. The maximum Gasteiger partial charge on any atom is 0.129 e. The van der Waals surface area contributed by atoms with Gasteiger partial charge in [-0.1, -0.05) is 25.1 Å². The van der Waals surface area contributed by atoms with Crippen LogP contribution in [0.15, 0.2) is 55.0 Å². The highest BCUT2D eigenvalue weighted by molar-refractivity contribution is 7.59. The van der Waals surface area contributed by atoms with Crippen molar-refractivity contribution in [1.29, 1.82) is 0 Å². The average Bonchev–Trinajstić information content (AvgIpc) is 2.78. The maximum absolute atomic E-state index is 5.47. The van der Waals surface area contributed by atoms with Crippen molar-refractivity contribution in [3.05, 3.63) is 60.6 Å². The summed E-state index contributed by atoms with van der Waals surface area (Å²) in [6, 6.07) is 14.0. The largest absolute Gasteiger partial charge is 0.496 e. The van der Waals surface area contributed by atoms with Crippen LogP contribution in [0.25, 0.3) is 11.3 Å². The molecule has 0 unspecified atom stereocenters. The molecular formula is C22H30N6OS. The minimum Gasteiger partial charge on any atom is -0.496 e. The van der Waals surface area contributed by atoms with Crippen LogP contribution < -0.4 is 20.7 Å². The summed E-state index contributed by atoms with van der Waals surface area (Å²) in [7, 11) is 3.63. The lowest BCUT2D eigenvalue weighted by Crippen LogP contribution is -2.18. The van der Waals surface area contributed by atoms with Crippen LogP contribution in [0.4, 0.5) is 11.6 Å². The summed E-state index contributed by atoms with van der Waals surface area (Å²) in [5, 5.41) is 9.76. The van der Waals surface area contributed by atoms with Gasteiger partial charge < -0.3 is 20.7 Å². The van der Waals surface area contributed by atoms with Gasteiger partial charge in [0.2, 0.25) is 0 Å². The molecular weight excluding hydrogens is 396 g/mol. The van der Waals surface area contributed by atoms with Crippen LogP contribution in [-0.2, 0) is 0 Å². The fourth-order valence-electron chi connectivity index (χ4n) is 3.02. The highest BCUT2D eigenvalue weighted by atomic mass is 32.1. The molecule has 3 rings (SSSR count). The topological polar surface area (TPSA) is 84.0 Å². The van der Waals surface area contributed by atoms with Crippen LogP contribution in [0.1, 0.15) is 18.4 Å². The second kappa shape index (κ2) is 12.0. The van der Waals surface area contributed by atoms with E-state index in [1.807, 2.05) is 49.6 Å². The number of nitrogens with one attached hydrogen (secondary N) is 3. The number of anilines is 2. The zero-order valence-electron chi connectivity index (χ0n) is 17.6. The zero-order chi connectivity index (χ0) is 20.5. The van der Waals surface area contributed by atoms with E-state index in [1.165, 1.54) is 5.56 Å². The van der Waals surface area contributed by atoms with Crippen LogP contribution in [0.3, 0.4) is 0 Å². The molecule has 0 aliphatic carbocycles. The molecule has 0 amide bonds. The molecule has 1 atom stereocenters. The van der Waals surface area contributed by atoms with Gasteiger partial charge in [-0.05, 0) is 30.8 Å². The predicted molar refractivity (Wildman–Crippen MR) is 128 cm³/mol.